The average Bonchev–Trinajstić information content (AvgIpc) is 3.04. The molecule has 0 amide bonds. The molecular formula is C18H29FN4. The first-order chi connectivity index (χ1) is 11.2. The van der Waals surface area contributed by atoms with E-state index in [0.717, 1.165) is 31.2 Å². The molecule has 1 heterocycles. The Hall–Kier alpha value is -1.62. The minimum absolute atomic E-state index is 0.210. The number of nitrogens with one attached hydrogen (secondary N) is 2. The zero-order valence-corrected chi connectivity index (χ0v) is 14.3. The lowest BCUT2D eigenvalue weighted by Gasteiger charge is -2.21. The molecule has 0 radical (unpaired) electrons. The highest BCUT2D eigenvalue weighted by molar-refractivity contribution is 5.79. The molecule has 0 saturated carbocycles. The van der Waals surface area contributed by atoms with Crippen molar-refractivity contribution in [2.75, 3.05) is 32.7 Å². The lowest BCUT2D eigenvalue weighted by Crippen LogP contribution is -2.41. The van der Waals surface area contributed by atoms with Crippen LogP contribution in [0.2, 0.25) is 0 Å². The number of aliphatic imine (C=N–C) groups is 1. The van der Waals surface area contributed by atoms with E-state index in [-0.39, 0.29) is 5.82 Å². The van der Waals surface area contributed by atoms with Crippen molar-refractivity contribution in [3.8, 4) is 0 Å². The molecule has 1 fully saturated rings. The Balaban J connectivity index is 1.79. The van der Waals surface area contributed by atoms with E-state index >= 15 is 0 Å². The third-order valence-electron chi connectivity index (χ3n) is 4.06. The molecule has 0 spiro atoms. The maximum absolute atomic E-state index is 12.9. The van der Waals surface area contributed by atoms with Crippen LogP contribution in [-0.4, -0.2) is 43.6 Å². The van der Waals surface area contributed by atoms with Crippen LogP contribution in [0.5, 0.6) is 0 Å². The second-order valence-electron chi connectivity index (χ2n) is 6.32. The lowest BCUT2D eigenvalue weighted by atomic mass is 10.1. The van der Waals surface area contributed by atoms with Gasteiger partial charge in [-0.3, -0.25) is 0 Å². The summed E-state index contributed by atoms with van der Waals surface area (Å²) in [6.07, 6.45) is 2.67. The predicted molar refractivity (Wildman–Crippen MR) is 94.1 cm³/mol. The number of rotatable bonds is 7. The number of guanidine groups is 1. The molecule has 1 aliphatic rings. The third-order valence-corrected chi connectivity index (χ3v) is 4.06. The molecule has 1 aromatic rings. The standard InChI is InChI=1S/C18H29FN4/c1-3-20-18(22-13-16-6-8-17(19)9-7-16)21-12-15(2)14-23-10-4-5-11-23/h6-9,15H,3-5,10-14H2,1-2H3,(H2,20,21,22). The molecule has 2 rings (SSSR count). The Morgan fingerprint density at radius 3 is 2.57 bits per heavy atom. The molecule has 1 aromatic carbocycles. The van der Waals surface area contributed by atoms with Gasteiger partial charge < -0.3 is 15.5 Å². The summed E-state index contributed by atoms with van der Waals surface area (Å²) in [6.45, 7) is 10.2. The molecule has 1 aliphatic heterocycles. The Morgan fingerprint density at radius 2 is 1.91 bits per heavy atom. The van der Waals surface area contributed by atoms with Gasteiger partial charge in [-0.15, -0.1) is 0 Å². The lowest BCUT2D eigenvalue weighted by molar-refractivity contribution is 0.287. The molecule has 0 bridgehead atoms. The smallest absolute Gasteiger partial charge is 0.191 e. The van der Waals surface area contributed by atoms with Crippen LogP contribution in [0.15, 0.2) is 29.3 Å². The molecule has 2 N–H and O–H groups in total. The summed E-state index contributed by atoms with van der Waals surface area (Å²) < 4.78 is 12.9. The first kappa shape index (κ1) is 17.7. The molecule has 128 valence electrons. The van der Waals surface area contributed by atoms with Crippen LogP contribution in [0, 0.1) is 11.7 Å². The van der Waals surface area contributed by atoms with Crippen LogP contribution in [-0.2, 0) is 6.54 Å². The van der Waals surface area contributed by atoms with Crippen molar-refractivity contribution >= 4 is 5.96 Å². The van der Waals surface area contributed by atoms with Crippen molar-refractivity contribution in [1.82, 2.24) is 15.5 Å². The molecule has 5 heteroatoms. The van der Waals surface area contributed by atoms with E-state index in [1.54, 1.807) is 12.1 Å². The Labute approximate surface area is 139 Å². The first-order valence-electron chi connectivity index (χ1n) is 8.66. The van der Waals surface area contributed by atoms with Crippen molar-refractivity contribution in [3.63, 3.8) is 0 Å². The maximum atomic E-state index is 12.9. The fraction of sp³-hybridized carbons (Fsp3) is 0.611. The fourth-order valence-electron chi connectivity index (χ4n) is 2.84. The zero-order chi connectivity index (χ0) is 16.5. The van der Waals surface area contributed by atoms with Gasteiger partial charge in [-0.25, -0.2) is 9.38 Å². The van der Waals surface area contributed by atoms with E-state index in [1.807, 2.05) is 0 Å². The highest BCUT2D eigenvalue weighted by Gasteiger charge is 2.14. The van der Waals surface area contributed by atoms with Gasteiger partial charge in [0.05, 0.1) is 6.54 Å². The summed E-state index contributed by atoms with van der Waals surface area (Å²) in [6, 6.07) is 6.50. The van der Waals surface area contributed by atoms with Gasteiger partial charge in [-0.2, -0.15) is 0 Å². The largest absolute Gasteiger partial charge is 0.357 e. The van der Waals surface area contributed by atoms with E-state index < -0.39 is 0 Å². The number of halogens is 1. The van der Waals surface area contributed by atoms with Crippen molar-refractivity contribution in [1.29, 1.82) is 0 Å². The summed E-state index contributed by atoms with van der Waals surface area (Å²) in [5, 5.41) is 6.68. The van der Waals surface area contributed by atoms with Crippen molar-refractivity contribution in [2.45, 2.75) is 33.2 Å². The van der Waals surface area contributed by atoms with Gasteiger partial charge in [0, 0.05) is 19.6 Å². The quantitative estimate of drug-likeness (QED) is 0.599. The van der Waals surface area contributed by atoms with Crippen LogP contribution in [0.25, 0.3) is 0 Å². The van der Waals surface area contributed by atoms with Crippen LogP contribution < -0.4 is 10.6 Å². The third kappa shape index (κ3) is 6.57. The molecule has 1 atom stereocenters. The minimum atomic E-state index is -0.210. The highest BCUT2D eigenvalue weighted by atomic mass is 19.1. The van der Waals surface area contributed by atoms with Crippen LogP contribution in [0.1, 0.15) is 32.3 Å². The van der Waals surface area contributed by atoms with Gasteiger partial charge in [0.1, 0.15) is 5.82 Å². The SMILES string of the molecule is CCNC(=NCc1ccc(F)cc1)NCC(C)CN1CCCC1. The summed E-state index contributed by atoms with van der Waals surface area (Å²) in [7, 11) is 0. The second-order valence-corrected chi connectivity index (χ2v) is 6.32. The summed E-state index contributed by atoms with van der Waals surface area (Å²) >= 11 is 0. The molecule has 1 unspecified atom stereocenters. The predicted octanol–water partition coefficient (Wildman–Crippen LogP) is 2.61. The van der Waals surface area contributed by atoms with Crippen molar-refractivity contribution in [2.24, 2.45) is 10.9 Å². The molecule has 0 aliphatic carbocycles. The average molecular weight is 320 g/mol. The molecule has 4 nitrogen and oxygen atoms in total. The van der Waals surface area contributed by atoms with Crippen LogP contribution in [0.3, 0.4) is 0 Å². The number of likely N-dealkylation sites (tertiary alicyclic amines) is 1. The topological polar surface area (TPSA) is 39.7 Å². The molecular weight excluding hydrogens is 291 g/mol. The Morgan fingerprint density at radius 1 is 1.22 bits per heavy atom. The first-order valence-corrected chi connectivity index (χ1v) is 8.66. The van der Waals surface area contributed by atoms with Gasteiger partial charge in [0.2, 0.25) is 0 Å². The maximum Gasteiger partial charge on any atom is 0.191 e. The minimum Gasteiger partial charge on any atom is -0.357 e. The van der Waals surface area contributed by atoms with Crippen molar-refractivity contribution < 1.29 is 4.39 Å². The highest BCUT2D eigenvalue weighted by Crippen LogP contribution is 2.09. The van der Waals surface area contributed by atoms with Crippen molar-refractivity contribution in [3.05, 3.63) is 35.6 Å². The van der Waals surface area contributed by atoms with Gasteiger partial charge in [0.25, 0.3) is 0 Å². The monoisotopic (exact) mass is 320 g/mol. The van der Waals surface area contributed by atoms with Gasteiger partial charge in [-0.05, 0) is 56.5 Å². The zero-order valence-electron chi connectivity index (χ0n) is 14.3. The Kier molecular flexibility index (Phi) is 7.33. The molecule has 23 heavy (non-hydrogen) atoms. The van der Waals surface area contributed by atoms with Gasteiger partial charge in [-0.1, -0.05) is 19.1 Å². The van der Waals surface area contributed by atoms with Crippen LogP contribution in [0.4, 0.5) is 4.39 Å². The van der Waals surface area contributed by atoms with Gasteiger partial charge in [0.15, 0.2) is 5.96 Å². The Bertz CT molecular complexity index is 480. The second kappa shape index (κ2) is 9.50. The fourth-order valence-corrected chi connectivity index (χ4v) is 2.84. The van der Waals surface area contributed by atoms with E-state index in [1.165, 1.54) is 38.1 Å². The van der Waals surface area contributed by atoms with Gasteiger partial charge >= 0.3 is 0 Å². The van der Waals surface area contributed by atoms with E-state index in [2.05, 4.69) is 34.4 Å². The number of nitrogens with zero attached hydrogens (tertiary/aromatic N) is 2. The number of benzene rings is 1. The number of hydrogen-bond acceptors (Lipinski definition) is 2. The summed E-state index contributed by atoms with van der Waals surface area (Å²) in [5.41, 5.74) is 1.01. The van der Waals surface area contributed by atoms with E-state index in [0.29, 0.717) is 12.5 Å². The van der Waals surface area contributed by atoms with E-state index in [9.17, 15) is 4.39 Å². The van der Waals surface area contributed by atoms with E-state index in [4.69, 9.17) is 0 Å². The number of hydrogen-bond donors (Lipinski definition) is 2. The summed E-state index contributed by atoms with van der Waals surface area (Å²) in [4.78, 5) is 7.11. The molecule has 1 saturated heterocycles. The normalized spacial score (nSPS) is 17.3. The van der Waals surface area contributed by atoms with Crippen LogP contribution >= 0.6 is 0 Å². The summed E-state index contributed by atoms with van der Waals surface area (Å²) in [5.74, 6) is 1.20. The molecule has 0 aromatic heterocycles.